The lowest BCUT2D eigenvalue weighted by atomic mass is 10.1. The van der Waals surface area contributed by atoms with Crippen LogP contribution in [0.25, 0.3) is 0 Å². The van der Waals surface area contributed by atoms with Crippen molar-refractivity contribution in [2.24, 2.45) is 10.1 Å². The Hall–Kier alpha value is -1.80. The second-order valence-corrected chi connectivity index (χ2v) is 6.16. The van der Waals surface area contributed by atoms with Crippen molar-refractivity contribution in [2.75, 3.05) is 17.8 Å². The van der Waals surface area contributed by atoms with Gasteiger partial charge in [0, 0.05) is 6.54 Å². The van der Waals surface area contributed by atoms with Crippen molar-refractivity contribution in [3.8, 4) is 5.75 Å². The minimum Gasteiger partial charge on any atom is -0.488 e. The Kier molecular flexibility index (Phi) is 3.27. The van der Waals surface area contributed by atoms with Gasteiger partial charge in [-0.1, -0.05) is 6.07 Å². The minimum absolute atomic E-state index is 0.0434. The molecule has 8 heteroatoms. The van der Waals surface area contributed by atoms with Gasteiger partial charge in [-0.25, -0.2) is 0 Å². The van der Waals surface area contributed by atoms with Gasteiger partial charge in [0.25, 0.3) is 0 Å². The number of ether oxygens (including phenoxy) is 1. The number of piperidine rings is 1. The van der Waals surface area contributed by atoms with E-state index < -0.39 is 10.2 Å². The molecule has 1 aromatic rings. The number of benzene rings is 1. The summed E-state index contributed by atoms with van der Waals surface area (Å²) in [5.74, 6) is 0.512. The number of nitrogens with two attached hydrogens (primary N) is 1. The summed E-state index contributed by atoms with van der Waals surface area (Å²) in [7, 11) is -3.75. The molecule has 0 aromatic heterocycles. The lowest BCUT2D eigenvalue weighted by Crippen LogP contribution is -2.37. The van der Waals surface area contributed by atoms with Crippen LogP contribution >= 0.6 is 0 Å². The molecule has 0 bridgehead atoms. The van der Waals surface area contributed by atoms with E-state index in [1.54, 1.807) is 18.2 Å². The fourth-order valence-electron chi connectivity index (χ4n) is 2.42. The molecule has 0 spiro atoms. The third-order valence-corrected chi connectivity index (χ3v) is 4.20. The Morgan fingerprint density at radius 3 is 3.00 bits per heavy atom. The summed E-state index contributed by atoms with van der Waals surface area (Å²) >= 11 is 0. The quantitative estimate of drug-likeness (QED) is 0.722. The van der Waals surface area contributed by atoms with Crippen molar-refractivity contribution in [3.05, 3.63) is 23.8 Å². The van der Waals surface area contributed by atoms with Crippen molar-refractivity contribution in [1.82, 2.24) is 5.32 Å². The number of hydrogen-bond donors (Lipinski definition) is 3. The molecule has 3 rings (SSSR count). The maximum atomic E-state index is 11.5. The first-order chi connectivity index (χ1) is 9.55. The molecule has 1 saturated heterocycles. The number of anilines is 1. The molecule has 108 valence electrons. The van der Waals surface area contributed by atoms with Crippen molar-refractivity contribution < 1.29 is 13.2 Å². The molecule has 0 saturated carbocycles. The van der Waals surface area contributed by atoms with E-state index in [4.69, 9.17) is 10.5 Å². The predicted octanol–water partition coefficient (Wildman–Crippen LogP) is 0.193. The maximum Gasteiger partial charge on any atom is 0.344 e. The van der Waals surface area contributed by atoms with E-state index in [-0.39, 0.29) is 11.9 Å². The molecule has 7 nitrogen and oxygen atoms in total. The molecule has 1 fully saturated rings. The summed E-state index contributed by atoms with van der Waals surface area (Å²) in [5.41, 5.74) is 6.67. The highest BCUT2D eigenvalue weighted by Crippen LogP contribution is 2.31. The third-order valence-electron chi connectivity index (χ3n) is 3.29. The van der Waals surface area contributed by atoms with Crippen molar-refractivity contribution >= 4 is 21.7 Å². The summed E-state index contributed by atoms with van der Waals surface area (Å²) in [6.07, 6.45) is 2.07. The van der Waals surface area contributed by atoms with Gasteiger partial charge in [0.15, 0.2) is 5.84 Å². The van der Waals surface area contributed by atoms with Crippen LogP contribution in [0.2, 0.25) is 0 Å². The van der Waals surface area contributed by atoms with E-state index in [1.807, 2.05) is 0 Å². The highest BCUT2D eigenvalue weighted by atomic mass is 32.2. The van der Waals surface area contributed by atoms with Gasteiger partial charge in [-0.05, 0) is 31.5 Å². The van der Waals surface area contributed by atoms with Crippen molar-refractivity contribution in [3.63, 3.8) is 0 Å². The van der Waals surface area contributed by atoms with E-state index >= 15 is 0 Å². The van der Waals surface area contributed by atoms with Crippen LogP contribution in [0, 0.1) is 0 Å². The van der Waals surface area contributed by atoms with Gasteiger partial charge in [-0.3, -0.25) is 4.72 Å². The molecule has 4 N–H and O–H groups in total. The SMILES string of the molecule is NC1=NS(=O)(=O)Nc2cccc(O[C@H]3CCCNC3)c21. The topological polar surface area (TPSA) is 106 Å². The number of hydrogen-bond acceptors (Lipinski definition) is 5. The maximum absolute atomic E-state index is 11.5. The Bertz CT molecular complexity index is 651. The van der Waals surface area contributed by atoms with Gasteiger partial charge in [-0.2, -0.15) is 8.42 Å². The normalized spacial score (nSPS) is 24.2. The zero-order valence-corrected chi connectivity index (χ0v) is 11.6. The first kappa shape index (κ1) is 13.2. The monoisotopic (exact) mass is 296 g/mol. The Balaban J connectivity index is 1.94. The predicted molar refractivity (Wildman–Crippen MR) is 76.2 cm³/mol. The fourth-order valence-corrected chi connectivity index (χ4v) is 3.26. The standard InChI is InChI=1S/C12H16N4O3S/c13-12-11-9(15-20(17,18)16-12)4-1-5-10(11)19-8-3-2-6-14-7-8/h1,4-5,8,14-15H,2-3,6-7H2,(H2,13,16)/t8-/m0/s1. The summed E-state index contributed by atoms with van der Waals surface area (Å²) in [6, 6.07) is 5.14. The number of nitrogens with zero attached hydrogens (tertiary/aromatic N) is 1. The molecule has 2 aliphatic rings. The third kappa shape index (κ3) is 2.56. The average molecular weight is 296 g/mol. The summed E-state index contributed by atoms with van der Waals surface area (Å²) < 4.78 is 34.7. The molecule has 2 heterocycles. The van der Waals surface area contributed by atoms with Gasteiger partial charge in [0.1, 0.15) is 11.9 Å². The summed E-state index contributed by atoms with van der Waals surface area (Å²) in [5, 5.41) is 3.26. The highest BCUT2D eigenvalue weighted by molar-refractivity contribution is 7.91. The highest BCUT2D eigenvalue weighted by Gasteiger charge is 2.25. The van der Waals surface area contributed by atoms with Gasteiger partial charge >= 0.3 is 10.2 Å². The number of fused-ring (bicyclic) bond motifs is 1. The van der Waals surface area contributed by atoms with Gasteiger partial charge in [0.05, 0.1) is 11.3 Å². The van der Waals surface area contributed by atoms with Crippen LogP contribution in [0.3, 0.4) is 0 Å². The van der Waals surface area contributed by atoms with E-state index in [1.165, 1.54) is 0 Å². The van der Waals surface area contributed by atoms with Crippen molar-refractivity contribution in [2.45, 2.75) is 18.9 Å². The van der Waals surface area contributed by atoms with E-state index in [9.17, 15) is 8.42 Å². The Morgan fingerprint density at radius 2 is 2.25 bits per heavy atom. The largest absolute Gasteiger partial charge is 0.488 e. The van der Waals surface area contributed by atoms with Crippen molar-refractivity contribution in [1.29, 1.82) is 0 Å². The summed E-state index contributed by atoms with van der Waals surface area (Å²) in [4.78, 5) is 0. The van der Waals surface area contributed by atoms with Crippen LogP contribution in [0.5, 0.6) is 5.75 Å². The second-order valence-electron chi connectivity index (χ2n) is 4.82. The molecule has 1 aromatic carbocycles. The number of amidine groups is 1. The first-order valence-corrected chi connectivity index (χ1v) is 7.88. The zero-order valence-electron chi connectivity index (χ0n) is 10.8. The van der Waals surface area contributed by atoms with Gasteiger partial charge < -0.3 is 15.8 Å². The Morgan fingerprint density at radius 1 is 1.40 bits per heavy atom. The molecular weight excluding hydrogens is 280 g/mol. The van der Waals surface area contributed by atoms with Crippen LogP contribution in [0.15, 0.2) is 22.6 Å². The minimum atomic E-state index is -3.75. The molecule has 0 amide bonds. The summed E-state index contributed by atoms with van der Waals surface area (Å²) in [6.45, 7) is 1.77. The average Bonchev–Trinajstić information content (AvgIpc) is 2.38. The van der Waals surface area contributed by atoms with Crippen LogP contribution in [0.4, 0.5) is 5.69 Å². The van der Waals surface area contributed by atoms with E-state index in [0.29, 0.717) is 17.0 Å². The second kappa shape index (κ2) is 4.95. The molecule has 0 radical (unpaired) electrons. The molecule has 1 atom stereocenters. The van der Waals surface area contributed by atoms with Gasteiger partial charge in [0.2, 0.25) is 0 Å². The lowest BCUT2D eigenvalue weighted by molar-refractivity contribution is 0.167. The Labute approximate surface area is 117 Å². The number of rotatable bonds is 2. The van der Waals surface area contributed by atoms with Gasteiger partial charge in [-0.15, -0.1) is 4.40 Å². The fraction of sp³-hybridized carbons (Fsp3) is 0.417. The molecule has 2 aliphatic heterocycles. The smallest absolute Gasteiger partial charge is 0.344 e. The van der Waals surface area contributed by atoms with Crippen LogP contribution in [-0.4, -0.2) is 33.4 Å². The molecule has 0 unspecified atom stereocenters. The number of nitrogens with one attached hydrogen (secondary N) is 2. The van der Waals surface area contributed by atoms with Crippen LogP contribution in [-0.2, 0) is 10.2 Å². The van der Waals surface area contributed by atoms with E-state index in [2.05, 4.69) is 14.4 Å². The zero-order chi connectivity index (χ0) is 14.2. The first-order valence-electron chi connectivity index (χ1n) is 6.44. The molecule has 0 aliphatic carbocycles. The van der Waals surface area contributed by atoms with Crippen LogP contribution < -0.4 is 20.5 Å². The lowest BCUT2D eigenvalue weighted by Gasteiger charge is -2.26. The molecular formula is C12H16N4O3S. The van der Waals surface area contributed by atoms with E-state index in [0.717, 1.165) is 25.9 Å². The van der Waals surface area contributed by atoms with Crippen LogP contribution in [0.1, 0.15) is 18.4 Å². The molecule has 20 heavy (non-hydrogen) atoms.